The minimum atomic E-state index is -3.89. The van der Waals surface area contributed by atoms with Crippen molar-refractivity contribution in [2.45, 2.75) is 44.0 Å². The third kappa shape index (κ3) is 4.44. The van der Waals surface area contributed by atoms with Gasteiger partial charge in [0.2, 0.25) is 0 Å². The summed E-state index contributed by atoms with van der Waals surface area (Å²) in [4.78, 5) is 12.3. The summed E-state index contributed by atoms with van der Waals surface area (Å²) < 4.78 is 23.6. The quantitative estimate of drug-likeness (QED) is 0.776. The molecule has 1 unspecified atom stereocenters. The van der Waals surface area contributed by atoms with Crippen LogP contribution in [0.2, 0.25) is 0 Å². The topological polar surface area (TPSA) is 63.2 Å². The highest BCUT2D eigenvalue weighted by molar-refractivity contribution is 9.10. The molecular weight excluding hydrogens is 378 g/mol. The molecule has 0 radical (unpaired) electrons. The van der Waals surface area contributed by atoms with E-state index in [1.807, 2.05) is 6.92 Å². The van der Waals surface area contributed by atoms with E-state index in [0.717, 1.165) is 6.42 Å². The second-order valence-corrected chi connectivity index (χ2v) is 9.02. The van der Waals surface area contributed by atoms with Gasteiger partial charge in [0.15, 0.2) is 0 Å². The monoisotopic (exact) mass is 393 g/mol. The van der Waals surface area contributed by atoms with Crippen molar-refractivity contribution in [1.82, 2.24) is 5.32 Å². The molecule has 1 atom stereocenters. The molecular formula is C14H17BrClNO3S. The van der Waals surface area contributed by atoms with Gasteiger partial charge in [-0.1, -0.05) is 28.8 Å². The Morgan fingerprint density at radius 2 is 2.10 bits per heavy atom. The van der Waals surface area contributed by atoms with Gasteiger partial charge in [0.1, 0.15) is 0 Å². The van der Waals surface area contributed by atoms with E-state index in [1.54, 1.807) is 13.0 Å². The maximum Gasteiger partial charge on any atom is 0.261 e. The molecule has 4 nitrogen and oxygen atoms in total. The lowest BCUT2D eigenvalue weighted by molar-refractivity contribution is 0.0936. The Labute approximate surface area is 137 Å². The number of amides is 1. The summed E-state index contributed by atoms with van der Waals surface area (Å²) in [5.41, 5.74) is 0.690. The summed E-state index contributed by atoms with van der Waals surface area (Å²) in [7, 11) is 1.53. The van der Waals surface area contributed by atoms with Crippen molar-refractivity contribution < 1.29 is 13.2 Å². The van der Waals surface area contributed by atoms with E-state index < -0.39 is 9.05 Å². The molecule has 1 aromatic carbocycles. The Hall–Kier alpha value is -0.590. The van der Waals surface area contributed by atoms with Crippen LogP contribution in [0.1, 0.15) is 42.1 Å². The summed E-state index contributed by atoms with van der Waals surface area (Å²) in [6.45, 7) is 3.55. The second-order valence-electron chi connectivity index (χ2n) is 5.57. The van der Waals surface area contributed by atoms with Crippen molar-refractivity contribution in [3.8, 4) is 0 Å². The molecule has 1 aromatic rings. The molecule has 0 bridgehead atoms. The lowest BCUT2D eigenvalue weighted by Crippen LogP contribution is -2.33. The number of nitrogens with one attached hydrogen (secondary N) is 1. The van der Waals surface area contributed by atoms with Gasteiger partial charge in [-0.15, -0.1) is 0 Å². The van der Waals surface area contributed by atoms with Crippen LogP contribution in [0.4, 0.5) is 0 Å². The summed E-state index contributed by atoms with van der Waals surface area (Å²) in [6.07, 6.45) is 3.41. The van der Waals surface area contributed by atoms with Crippen LogP contribution in [0.15, 0.2) is 21.5 Å². The maximum absolute atomic E-state index is 12.3. The van der Waals surface area contributed by atoms with Gasteiger partial charge in [-0.05, 0) is 43.9 Å². The smallest absolute Gasteiger partial charge is 0.261 e. The van der Waals surface area contributed by atoms with Crippen molar-refractivity contribution in [1.29, 1.82) is 0 Å². The first-order valence-electron chi connectivity index (χ1n) is 6.74. The molecule has 21 heavy (non-hydrogen) atoms. The SMILES string of the molecule is Cc1c(C(=O)NC(C)CC2CC2)cc(Br)cc1S(=O)(=O)Cl. The second kappa shape index (κ2) is 6.26. The van der Waals surface area contributed by atoms with Crippen molar-refractivity contribution in [3.63, 3.8) is 0 Å². The van der Waals surface area contributed by atoms with E-state index in [2.05, 4.69) is 21.2 Å². The van der Waals surface area contributed by atoms with E-state index in [0.29, 0.717) is 21.5 Å². The number of carbonyl (C=O) groups excluding carboxylic acids is 1. The molecule has 0 spiro atoms. The summed E-state index contributed by atoms with van der Waals surface area (Å²) >= 11 is 3.22. The number of rotatable bonds is 5. The van der Waals surface area contributed by atoms with Gasteiger partial charge in [0.05, 0.1) is 4.90 Å². The molecule has 0 aromatic heterocycles. The van der Waals surface area contributed by atoms with Gasteiger partial charge in [-0.3, -0.25) is 4.79 Å². The van der Waals surface area contributed by atoms with E-state index >= 15 is 0 Å². The molecule has 0 aliphatic heterocycles. The van der Waals surface area contributed by atoms with Crippen molar-refractivity contribution in [3.05, 3.63) is 27.7 Å². The highest BCUT2D eigenvalue weighted by atomic mass is 79.9. The molecule has 1 amide bonds. The average Bonchev–Trinajstić information content (AvgIpc) is 3.13. The van der Waals surface area contributed by atoms with Crippen molar-refractivity contribution in [2.24, 2.45) is 5.92 Å². The molecule has 0 saturated heterocycles. The molecule has 7 heteroatoms. The van der Waals surface area contributed by atoms with Crippen molar-refractivity contribution >= 4 is 41.6 Å². The van der Waals surface area contributed by atoms with Crippen LogP contribution in [0.3, 0.4) is 0 Å². The fraction of sp³-hybridized carbons (Fsp3) is 0.500. The van der Waals surface area contributed by atoms with Crippen LogP contribution in [-0.2, 0) is 9.05 Å². The summed E-state index contributed by atoms with van der Waals surface area (Å²) in [6, 6.07) is 3.08. The maximum atomic E-state index is 12.3. The largest absolute Gasteiger partial charge is 0.350 e. The van der Waals surface area contributed by atoms with Crippen LogP contribution >= 0.6 is 26.6 Å². The van der Waals surface area contributed by atoms with E-state index in [1.165, 1.54) is 18.9 Å². The van der Waals surface area contributed by atoms with Crippen LogP contribution in [0.5, 0.6) is 0 Å². The first-order chi connectivity index (χ1) is 9.68. The van der Waals surface area contributed by atoms with Gasteiger partial charge in [0, 0.05) is 26.8 Å². The number of hydrogen-bond acceptors (Lipinski definition) is 3. The fourth-order valence-electron chi connectivity index (χ4n) is 2.36. The Balaban J connectivity index is 2.25. The predicted molar refractivity (Wildman–Crippen MR) is 86.2 cm³/mol. The third-order valence-corrected chi connectivity index (χ3v) is 5.50. The highest BCUT2D eigenvalue weighted by Gasteiger charge is 2.25. The molecule has 1 aliphatic rings. The van der Waals surface area contributed by atoms with Crippen LogP contribution in [0.25, 0.3) is 0 Å². The average molecular weight is 395 g/mol. The zero-order chi connectivity index (χ0) is 15.8. The normalized spacial score (nSPS) is 16.6. The van der Waals surface area contributed by atoms with Gasteiger partial charge >= 0.3 is 0 Å². The first-order valence-corrected chi connectivity index (χ1v) is 9.84. The zero-order valence-electron chi connectivity index (χ0n) is 11.8. The number of halogens is 2. The third-order valence-electron chi connectivity index (χ3n) is 3.59. The molecule has 1 N–H and O–H groups in total. The summed E-state index contributed by atoms with van der Waals surface area (Å²) in [5.74, 6) is 0.436. The lowest BCUT2D eigenvalue weighted by Gasteiger charge is -2.16. The highest BCUT2D eigenvalue weighted by Crippen LogP contribution is 2.33. The van der Waals surface area contributed by atoms with E-state index in [4.69, 9.17) is 10.7 Å². The Bertz CT molecular complexity index is 671. The fourth-order valence-corrected chi connectivity index (χ4v) is 4.19. The molecule has 1 fully saturated rings. The Kier molecular flexibility index (Phi) is 5.00. The van der Waals surface area contributed by atoms with Crippen LogP contribution in [-0.4, -0.2) is 20.4 Å². The van der Waals surface area contributed by atoms with Crippen LogP contribution in [0, 0.1) is 12.8 Å². The Morgan fingerprint density at radius 3 is 2.62 bits per heavy atom. The summed E-state index contributed by atoms with van der Waals surface area (Å²) in [5, 5.41) is 2.92. The van der Waals surface area contributed by atoms with Gasteiger partial charge in [-0.25, -0.2) is 8.42 Å². The number of carbonyl (C=O) groups is 1. The molecule has 1 saturated carbocycles. The number of hydrogen-bond donors (Lipinski definition) is 1. The molecule has 1 aliphatic carbocycles. The minimum absolute atomic E-state index is 0.0430. The zero-order valence-corrected chi connectivity index (χ0v) is 15.0. The first kappa shape index (κ1) is 16.8. The van der Waals surface area contributed by atoms with Crippen LogP contribution < -0.4 is 5.32 Å². The predicted octanol–water partition coefficient (Wildman–Crippen LogP) is 3.60. The Morgan fingerprint density at radius 1 is 1.48 bits per heavy atom. The lowest BCUT2D eigenvalue weighted by atomic mass is 10.1. The molecule has 116 valence electrons. The van der Waals surface area contributed by atoms with Gasteiger partial charge in [-0.2, -0.15) is 0 Å². The molecule has 2 rings (SSSR count). The van der Waals surface area contributed by atoms with Gasteiger partial charge < -0.3 is 5.32 Å². The van der Waals surface area contributed by atoms with E-state index in [-0.39, 0.29) is 16.8 Å². The standard InChI is InChI=1S/C14H17BrClNO3S/c1-8(5-10-3-4-10)17-14(18)12-6-11(15)7-13(9(12)2)21(16,19)20/h6-8,10H,3-5H2,1-2H3,(H,17,18). The van der Waals surface area contributed by atoms with Gasteiger partial charge in [0.25, 0.3) is 15.0 Å². The minimum Gasteiger partial charge on any atom is -0.350 e. The van der Waals surface area contributed by atoms with Crippen molar-refractivity contribution in [2.75, 3.05) is 0 Å². The molecule has 0 heterocycles. The van der Waals surface area contributed by atoms with E-state index in [9.17, 15) is 13.2 Å². The number of benzene rings is 1.